The third-order valence-electron chi connectivity index (χ3n) is 2.24. The van der Waals surface area contributed by atoms with Crippen molar-refractivity contribution in [1.29, 1.82) is 0 Å². The van der Waals surface area contributed by atoms with Gasteiger partial charge in [-0.15, -0.1) is 0 Å². The summed E-state index contributed by atoms with van der Waals surface area (Å²) in [4.78, 5) is 0. The Morgan fingerprint density at radius 3 is 2.53 bits per heavy atom. The maximum absolute atomic E-state index is 9.19. The first-order chi connectivity index (χ1) is 7.13. The molecule has 15 heavy (non-hydrogen) atoms. The van der Waals surface area contributed by atoms with Crippen LogP contribution in [0.5, 0.6) is 5.75 Å². The van der Waals surface area contributed by atoms with E-state index in [4.69, 9.17) is 0 Å². The zero-order chi connectivity index (χ0) is 11.3. The number of phenols is 1. The summed E-state index contributed by atoms with van der Waals surface area (Å²) in [6.45, 7) is 6.66. The van der Waals surface area contributed by atoms with Crippen LogP contribution < -0.4 is 5.32 Å². The molecular formula is C12H16BrNO. The van der Waals surface area contributed by atoms with Crippen molar-refractivity contribution in [3.05, 3.63) is 40.9 Å². The molecule has 1 unspecified atom stereocenters. The van der Waals surface area contributed by atoms with E-state index in [0.29, 0.717) is 11.8 Å². The van der Waals surface area contributed by atoms with Gasteiger partial charge in [-0.3, -0.25) is 0 Å². The Kier molecular flexibility index (Phi) is 4.85. The highest BCUT2D eigenvalue weighted by molar-refractivity contribution is 9.11. The Bertz CT molecular complexity index is 321. The van der Waals surface area contributed by atoms with E-state index in [9.17, 15) is 5.11 Å². The second-order valence-electron chi connectivity index (χ2n) is 3.45. The summed E-state index contributed by atoms with van der Waals surface area (Å²) in [5, 5.41) is 12.6. The molecule has 0 radical (unpaired) electrons. The minimum atomic E-state index is 0.304. The van der Waals surface area contributed by atoms with Crippen molar-refractivity contribution in [2.75, 3.05) is 6.54 Å². The third kappa shape index (κ3) is 4.06. The maximum Gasteiger partial charge on any atom is 0.115 e. The van der Waals surface area contributed by atoms with Crippen LogP contribution in [-0.2, 0) is 0 Å². The van der Waals surface area contributed by atoms with Crippen LogP contribution in [0.4, 0.5) is 0 Å². The largest absolute Gasteiger partial charge is 0.508 e. The number of hydrogen-bond acceptors (Lipinski definition) is 2. The molecule has 0 saturated carbocycles. The Labute approximate surface area is 99.1 Å². The van der Waals surface area contributed by atoms with Crippen molar-refractivity contribution >= 4 is 15.9 Å². The quantitative estimate of drug-likeness (QED) is 0.860. The number of halogens is 1. The van der Waals surface area contributed by atoms with E-state index in [2.05, 4.69) is 34.7 Å². The van der Waals surface area contributed by atoms with Gasteiger partial charge in [0, 0.05) is 17.1 Å². The molecule has 0 spiro atoms. The average Bonchev–Trinajstić information content (AvgIpc) is 2.21. The van der Waals surface area contributed by atoms with Gasteiger partial charge in [-0.1, -0.05) is 41.6 Å². The van der Waals surface area contributed by atoms with Gasteiger partial charge < -0.3 is 10.4 Å². The summed E-state index contributed by atoms with van der Waals surface area (Å²) in [5.74, 6) is 0.304. The smallest absolute Gasteiger partial charge is 0.115 e. The molecule has 0 fully saturated rings. The molecule has 0 aliphatic rings. The van der Waals surface area contributed by atoms with Crippen LogP contribution in [0.25, 0.3) is 0 Å². The first-order valence-electron chi connectivity index (χ1n) is 4.99. The van der Waals surface area contributed by atoms with Crippen molar-refractivity contribution in [2.24, 2.45) is 0 Å². The summed E-state index contributed by atoms with van der Waals surface area (Å²) in [7, 11) is 0. The highest BCUT2D eigenvalue weighted by atomic mass is 79.9. The summed E-state index contributed by atoms with van der Waals surface area (Å²) >= 11 is 3.32. The van der Waals surface area contributed by atoms with Crippen LogP contribution in [-0.4, -0.2) is 11.7 Å². The van der Waals surface area contributed by atoms with Crippen LogP contribution in [0.1, 0.15) is 24.9 Å². The summed E-state index contributed by atoms with van der Waals surface area (Å²) in [6.07, 6.45) is 1.01. The fraction of sp³-hybridized carbons (Fsp3) is 0.333. The highest BCUT2D eigenvalue weighted by Gasteiger charge is 2.07. The molecule has 1 aromatic carbocycles. The third-order valence-corrected chi connectivity index (χ3v) is 2.52. The standard InChI is InChI=1S/C12H16BrNO/c1-3-12(14-8-9(2)13)10-4-6-11(15)7-5-10/h4-7,12,14-15H,2-3,8H2,1H3. The molecule has 1 aromatic rings. The van der Waals surface area contributed by atoms with Gasteiger partial charge >= 0.3 is 0 Å². The van der Waals surface area contributed by atoms with Crippen LogP contribution >= 0.6 is 15.9 Å². The number of hydrogen-bond donors (Lipinski definition) is 2. The fourth-order valence-electron chi connectivity index (χ4n) is 1.44. The van der Waals surface area contributed by atoms with Crippen LogP contribution in [0.2, 0.25) is 0 Å². The molecule has 2 N–H and O–H groups in total. The van der Waals surface area contributed by atoms with E-state index < -0.39 is 0 Å². The Morgan fingerprint density at radius 2 is 2.07 bits per heavy atom. The Hall–Kier alpha value is -0.800. The molecular weight excluding hydrogens is 254 g/mol. The lowest BCUT2D eigenvalue weighted by Crippen LogP contribution is -2.21. The minimum Gasteiger partial charge on any atom is -0.508 e. The number of benzene rings is 1. The van der Waals surface area contributed by atoms with Gasteiger partial charge in [0.2, 0.25) is 0 Å². The second-order valence-corrected chi connectivity index (χ2v) is 4.57. The lowest BCUT2D eigenvalue weighted by molar-refractivity contribution is 0.474. The summed E-state index contributed by atoms with van der Waals surface area (Å²) in [6, 6.07) is 7.60. The molecule has 0 aliphatic carbocycles. The molecule has 2 nitrogen and oxygen atoms in total. The monoisotopic (exact) mass is 269 g/mol. The maximum atomic E-state index is 9.19. The second kappa shape index (κ2) is 5.93. The molecule has 1 atom stereocenters. The van der Waals surface area contributed by atoms with E-state index in [0.717, 1.165) is 17.4 Å². The molecule has 0 bridgehead atoms. The minimum absolute atomic E-state index is 0.304. The summed E-state index contributed by atoms with van der Waals surface area (Å²) in [5.41, 5.74) is 1.18. The van der Waals surface area contributed by atoms with E-state index >= 15 is 0 Å². The number of aromatic hydroxyl groups is 1. The molecule has 0 aromatic heterocycles. The lowest BCUT2D eigenvalue weighted by Gasteiger charge is -2.17. The molecule has 0 saturated heterocycles. The van der Waals surface area contributed by atoms with E-state index in [-0.39, 0.29) is 0 Å². The molecule has 0 heterocycles. The molecule has 0 amide bonds. The van der Waals surface area contributed by atoms with Crippen molar-refractivity contribution in [1.82, 2.24) is 5.32 Å². The number of rotatable bonds is 5. The first-order valence-corrected chi connectivity index (χ1v) is 5.78. The molecule has 1 rings (SSSR count). The van der Waals surface area contributed by atoms with E-state index in [1.165, 1.54) is 5.56 Å². The van der Waals surface area contributed by atoms with Crippen LogP contribution in [0.15, 0.2) is 35.3 Å². The molecule has 82 valence electrons. The topological polar surface area (TPSA) is 32.3 Å². The van der Waals surface area contributed by atoms with Crippen LogP contribution in [0.3, 0.4) is 0 Å². The van der Waals surface area contributed by atoms with Gasteiger partial charge in [0.25, 0.3) is 0 Å². The van der Waals surface area contributed by atoms with E-state index in [1.54, 1.807) is 12.1 Å². The van der Waals surface area contributed by atoms with Crippen molar-refractivity contribution in [3.8, 4) is 5.75 Å². The predicted octanol–water partition coefficient (Wildman–Crippen LogP) is 3.34. The molecule has 3 heteroatoms. The zero-order valence-corrected chi connectivity index (χ0v) is 10.4. The van der Waals surface area contributed by atoms with Gasteiger partial charge in [0.05, 0.1) is 0 Å². The van der Waals surface area contributed by atoms with Gasteiger partial charge in [0.1, 0.15) is 5.75 Å². The van der Waals surface area contributed by atoms with Gasteiger partial charge in [-0.25, -0.2) is 0 Å². The highest BCUT2D eigenvalue weighted by Crippen LogP contribution is 2.19. The van der Waals surface area contributed by atoms with Crippen molar-refractivity contribution in [3.63, 3.8) is 0 Å². The van der Waals surface area contributed by atoms with Crippen molar-refractivity contribution in [2.45, 2.75) is 19.4 Å². The number of phenolic OH excluding ortho intramolecular Hbond substituents is 1. The Balaban J connectivity index is 2.65. The SMILES string of the molecule is C=C(Br)CNC(CC)c1ccc(O)cc1. The Morgan fingerprint density at radius 1 is 1.47 bits per heavy atom. The normalized spacial score (nSPS) is 12.4. The van der Waals surface area contributed by atoms with Gasteiger partial charge in [-0.2, -0.15) is 0 Å². The van der Waals surface area contributed by atoms with E-state index in [1.807, 2.05) is 12.1 Å². The number of nitrogens with one attached hydrogen (secondary N) is 1. The van der Waals surface area contributed by atoms with Gasteiger partial charge in [0.15, 0.2) is 0 Å². The van der Waals surface area contributed by atoms with Gasteiger partial charge in [-0.05, 0) is 24.1 Å². The lowest BCUT2D eigenvalue weighted by atomic mass is 10.0. The van der Waals surface area contributed by atoms with Crippen LogP contribution in [0, 0.1) is 0 Å². The van der Waals surface area contributed by atoms with Crippen molar-refractivity contribution < 1.29 is 5.11 Å². The first kappa shape index (κ1) is 12.3. The zero-order valence-electron chi connectivity index (χ0n) is 8.83. The molecule has 0 aliphatic heterocycles. The fourth-order valence-corrected chi connectivity index (χ4v) is 1.60. The summed E-state index contributed by atoms with van der Waals surface area (Å²) < 4.78 is 0.944. The average molecular weight is 270 g/mol. The predicted molar refractivity (Wildman–Crippen MR) is 67.2 cm³/mol.